The molecule has 19 heavy (non-hydrogen) atoms. The lowest BCUT2D eigenvalue weighted by Gasteiger charge is -2.35. The Morgan fingerprint density at radius 3 is 2.74 bits per heavy atom. The van der Waals surface area contributed by atoms with Gasteiger partial charge in [0.2, 0.25) is 0 Å². The molecule has 2 atom stereocenters. The molecule has 0 heterocycles. The third-order valence-electron chi connectivity index (χ3n) is 3.89. The van der Waals surface area contributed by atoms with Gasteiger partial charge in [-0.3, -0.25) is 4.90 Å². The van der Waals surface area contributed by atoms with Crippen molar-refractivity contribution in [3.05, 3.63) is 28.2 Å². The topological polar surface area (TPSA) is 12.5 Å². The van der Waals surface area contributed by atoms with Gasteiger partial charge in [0, 0.05) is 21.9 Å². The van der Waals surface area contributed by atoms with E-state index in [-0.39, 0.29) is 0 Å². The first-order chi connectivity index (χ1) is 9.11. The normalized spacial score (nSPS) is 23.6. The summed E-state index contributed by atoms with van der Waals surface area (Å²) in [5.41, 5.74) is 1.28. The lowest BCUT2D eigenvalue weighted by atomic mass is 9.94. The molecular weight excluding hydrogens is 370 g/mol. The molecule has 0 aliphatic heterocycles. The zero-order chi connectivity index (χ0) is 13.8. The Kier molecular flexibility index (Phi) is 5.72. The molecule has 0 saturated heterocycles. The van der Waals surface area contributed by atoms with Gasteiger partial charge < -0.3 is 4.74 Å². The smallest absolute Gasteiger partial charge is 0.119 e. The summed E-state index contributed by atoms with van der Waals surface area (Å²) in [7, 11) is 3.93. The molecule has 106 valence electrons. The van der Waals surface area contributed by atoms with E-state index in [1.165, 1.54) is 31.2 Å². The van der Waals surface area contributed by atoms with Gasteiger partial charge >= 0.3 is 0 Å². The van der Waals surface area contributed by atoms with Gasteiger partial charge in [0.15, 0.2) is 0 Å². The fraction of sp³-hybridized carbons (Fsp3) is 0.600. The average molecular weight is 391 g/mol. The van der Waals surface area contributed by atoms with E-state index in [2.05, 4.69) is 55.9 Å². The molecule has 0 aromatic heterocycles. The Balaban J connectivity index is 2.07. The minimum absolute atomic E-state index is 0.621. The van der Waals surface area contributed by atoms with Crippen LogP contribution in [0.1, 0.15) is 31.2 Å². The maximum Gasteiger partial charge on any atom is 0.119 e. The third-order valence-corrected chi connectivity index (χ3v) is 5.73. The van der Waals surface area contributed by atoms with Crippen molar-refractivity contribution in [1.29, 1.82) is 0 Å². The molecule has 2 rings (SSSR count). The van der Waals surface area contributed by atoms with Gasteiger partial charge in [-0.1, -0.05) is 44.7 Å². The van der Waals surface area contributed by atoms with Crippen LogP contribution in [0.25, 0.3) is 0 Å². The average Bonchev–Trinajstić information content (AvgIpc) is 2.41. The summed E-state index contributed by atoms with van der Waals surface area (Å²) in [5, 5.41) is 0. The lowest BCUT2D eigenvalue weighted by molar-refractivity contribution is 0.192. The van der Waals surface area contributed by atoms with E-state index < -0.39 is 0 Å². The van der Waals surface area contributed by atoms with Crippen molar-refractivity contribution in [3.8, 4) is 5.75 Å². The van der Waals surface area contributed by atoms with Crippen molar-refractivity contribution in [1.82, 2.24) is 4.90 Å². The summed E-state index contributed by atoms with van der Waals surface area (Å²) in [6, 6.07) is 6.80. The van der Waals surface area contributed by atoms with Gasteiger partial charge in [-0.2, -0.15) is 0 Å². The third kappa shape index (κ3) is 3.96. The van der Waals surface area contributed by atoms with Crippen LogP contribution in [0, 0.1) is 0 Å². The van der Waals surface area contributed by atoms with E-state index in [4.69, 9.17) is 4.74 Å². The van der Waals surface area contributed by atoms with Gasteiger partial charge in [-0.15, -0.1) is 0 Å². The van der Waals surface area contributed by atoms with Gasteiger partial charge in [0.05, 0.1) is 7.11 Å². The number of nitrogens with zero attached hydrogens (tertiary/aromatic N) is 1. The fourth-order valence-corrected chi connectivity index (χ4v) is 4.11. The first-order valence-electron chi connectivity index (χ1n) is 6.78. The summed E-state index contributed by atoms with van der Waals surface area (Å²) >= 11 is 7.47. The fourth-order valence-electron chi connectivity index (χ4n) is 2.75. The molecule has 4 heteroatoms. The number of methoxy groups -OCH3 is 1. The van der Waals surface area contributed by atoms with E-state index in [1.54, 1.807) is 7.11 Å². The van der Waals surface area contributed by atoms with E-state index in [0.717, 1.165) is 16.8 Å². The first-order valence-corrected chi connectivity index (χ1v) is 8.49. The highest BCUT2D eigenvalue weighted by molar-refractivity contribution is 9.10. The van der Waals surface area contributed by atoms with Crippen LogP contribution >= 0.6 is 31.9 Å². The van der Waals surface area contributed by atoms with E-state index in [1.807, 2.05) is 6.07 Å². The molecule has 1 aliphatic rings. The predicted molar refractivity (Wildman–Crippen MR) is 87.1 cm³/mol. The number of benzene rings is 1. The predicted octanol–water partition coefficient (Wildman–Crippen LogP) is 4.60. The van der Waals surface area contributed by atoms with Crippen molar-refractivity contribution in [2.24, 2.45) is 0 Å². The molecule has 0 bridgehead atoms. The quantitative estimate of drug-likeness (QED) is 0.696. The maximum atomic E-state index is 5.31. The van der Waals surface area contributed by atoms with Crippen molar-refractivity contribution >= 4 is 31.9 Å². The van der Waals surface area contributed by atoms with Crippen molar-refractivity contribution in [2.45, 2.75) is 43.1 Å². The largest absolute Gasteiger partial charge is 0.497 e. The Hall–Kier alpha value is -0.0600. The second-order valence-corrected chi connectivity index (χ2v) is 7.27. The first kappa shape index (κ1) is 15.3. The Morgan fingerprint density at radius 1 is 1.32 bits per heavy atom. The molecule has 1 fully saturated rings. The number of hydrogen-bond donors (Lipinski definition) is 0. The standard InChI is InChI=1S/C15H21Br2NO/c1-18(15-6-4-3-5-14(15)17)10-11-9-12(19-2)7-8-13(11)16/h7-9,14-15H,3-6,10H2,1-2H3. The SMILES string of the molecule is COc1ccc(Br)c(CN(C)C2CCCCC2Br)c1. The van der Waals surface area contributed by atoms with Gasteiger partial charge in [-0.25, -0.2) is 0 Å². The lowest BCUT2D eigenvalue weighted by Crippen LogP contribution is -2.40. The van der Waals surface area contributed by atoms with Crippen LogP contribution in [0.15, 0.2) is 22.7 Å². The molecular formula is C15H21Br2NO. The summed E-state index contributed by atoms with van der Waals surface area (Å²) in [6.07, 6.45) is 5.27. The van der Waals surface area contributed by atoms with Crippen LogP contribution in [-0.4, -0.2) is 29.9 Å². The molecule has 0 amide bonds. The summed E-state index contributed by atoms with van der Waals surface area (Å²) in [5.74, 6) is 0.922. The molecule has 2 unspecified atom stereocenters. The highest BCUT2D eigenvalue weighted by Crippen LogP contribution is 2.30. The molecule has 0 radical (unpaired) electrons. The minimum atomic E-state index is 0.621. The van der Waals surface area contributed by atoms with E-state index in [0.29, 0.717) is 10.9 Å². The Morgan fingerprint density at radius 2 is 2.05 bits per heavy atom. The number of halogens is 2. The minimum Gasteiger partial charge on any atom is -0.497 e. The molecule has 0 spiro atoms. The highest BCUT2D eigenvalue weighted by Gasteiger charge is 2.26. The number of alkyl halides is 1. The van der Waals surface area contributed by atoms with E-state index in [9.17, 15) is 0 Å². The summed E-state index contributed by atoms with van der Waals surface area (Å²) < 4.78 is 6.46. The molecule has 1 saturated carbocycles. The van der Waals surface area contributed by atoms with Crippen LogP contribution in [0.2, 0.25) is 0 Å². The second-order valence-electron chi connectivity index (χ2n) is 5.24. The van der Waals surface area contributed by atoms with Crippen molar-refractivity contribution in [3.63, 3.8) is 0 Å². The summed E-state index contributed by atoms with van der Waals surface area (Å²) in [6.45, 7) is 0.949. The second kappa shape index (κ2) is 7.09. The Labute approximate surface area is 132 Å². The van der Waals surface area contributed by atoms with Crippen molar-refractivity contribution < 1.29 is 4.74 Å². The molecule has 1 aromatic rings. The highest BCUT2D eigenvalue weighted by atomic mass is 79.9. The van der Waals surface area contributed by atoms with Crippen molar-refractivity contribution in [2.75, 3.05) is 14.2 Å². The van der Waals surface area contributed by atoms with Crippen LogP contribution in [-0.2, 0) is 6.54 Å². The van der Waals surface area contributed by atoms with E-state index >= 15 is 0 Å². The van der Waals surface area contributed by atoms with Crippen LogP contribution in [0.3, 0.4) is 0 Å². The number of ether oxygens (including phenoxy) is 1. The van der Waals surface area contributed by atoms with Crippen LogP contribution in [0.5, 0.6) is 5.75 Å². The molecule has 2 nitrogen and oxygen atoms in total. The molecule has 1 aliphatic carbocycles. The van der Waals surface area contributed by atoms with Gasteiger partial charge in [0.1, 0.15) is 5.75 Å². The molecule has 0 N–H and O–H groups in total. The monoisotopic (exact) mass is 389 g/mol. The molecule has 1 aromatic carbocycles. The van der Waals surface area contributed by atoms with Gasteiger partial charge in [0.25, 0.3) is 0 Å². The maximum absolute atomic E-state index is 5.31. The van der Waals surface area contributed by atoms with Gasteiger partial charge in [-0.05, 0) is 43.7 Å². The zero-order valence-electron chi connectivity index (χ0n) is 11.5. The Bertz CT molecular complexity index is 425. The zero-order valence-corrected chi connectivity index (χ0v) is 14.7. The van der Waals surface area contributed by atoms with Crippen LogP contribution < -0.4 is 4.74 Å². The van der Waals surface area contributed by atoms with Crippen LogP contribution in [0.4, 0.5) is 0 Å². The number of hydrogen-bond acceptors (Lipinski definition) is 2. The number of rotatable bonds is 4. The summed E-state index contributed by atoms with van der Waals surface area (Å²) in [4.78, 5) is 3.08.